The van der Waals surface area contributed by atoms with E-state index >= 15 is 0 Å². The van der Waals surface area contributed by atoms with E-state index in [0.717, 1.165) is 16.3 Å². The first-order chi connectivity index (χ1) is 5.97. The number of nitrogens with two attached hydrogens (primary N) is 2. The van der Waals surface area contributed by atoms with Crippen molar-refractivity contribution < 1.29 is 0 Å². The number of benzene rings is 1. The minimum Gasteiger partial charge on any atom is -0.399 e. The van der Waals surface area contributed by atoms with Gasteiger partial charge >= 0.3 is 0 Å². The Bertz CT molecular complexity index is 308. The molecule has 0 aliphatic rings. The molecule has 0 heterocycles. The van der Waals surface area contributed by atoms with Crippen LogP contribution in [0, 0.1) is 0 Å². The normalized spacial score (nSPS) is 11.7. The van der Waals surface area contributed by atoms with Crippen molar-refractivity contribution in [1.82, 2.24) is 0 Å². The Hall–Kier alpha value is -0.730. The van der Waals surface area contributed by atoms with Crippen LogP contribution < -0.4 is 11.5 Å². The van der Waals surface area contributed by atoms with Crippen LogP contribution in [0.25, 0.3) is 0 Å². The van der Waals surface area contributed by atoms with Crippen molar-refractivity contribution in [2.75, 3.05) is 12.3 Å². The second-order valence-corrected chi connectivity index (χ2v) is 4.23. The van der Waals surface area contributed by atoms with Gasteiger partial charge < -0.3 is 11.5 Å². The van der Waals surface area contributed by atoms with E-state index in [4.69, 9.17) is 23.1 Å². The maximum atomic E-state index is 6.05. The SMILES string of the molecule is CC(C)(CN)c1cc(N)ccc1Cl. The van der Waals surface area contributed by atoms with Crippen LogP contribution in [-0.4, -0.2) is 6.54 Å². The van der Waals surface area contributed by atoms with Crippen LogP contribution in [0.2, 0.25) is 5.02 Å². The maximum absolute atomic E-state index is 6.05. The first-order valence-electron chi connectivity index (χ1n) is 4.23. The molecule has 0 amide bonds. The van der Waals surface area contributed by atoms with Gasteiger partial charge in [0.25, 0.3) is 0 Å². The summed E-state index contributed by atoms with van der Waals surface area (Å²) >= 11 is 6.05. The smallest absolute Gasteiger partial charge is 0.0445 e. The molecule has 1 aromatic carbocycles. The first kappa shape index (κ1) is 10.4. The summed E-state index contributed by atoms with van der Waals surface area (Å²) in [6, 6.07) is 5.48. The van der Waals surface area contributed by atoms with Gasteiger partial charge in [-0.1, -0.05) is 25.4 Å². The lowest BCUT2D eigenvalue weighted by Crippen LogP contribution is -2.28. The molecule has 1 aromatic rings. The van der Waals surface area contributed by atoms with Crippen LogP contribution in [0.15, 0.2) is 18.2 Å². The molecule has 0 aromatic heterocycles. The van der Waals surface area contributed by atoms with Crippen molar-refractivity contribution in [1.29, 1.82) is 0 Å². The van der Waals surface area contributed by atoms with Crippen molar-refractivity contribution in [2.45, 2.75) is 19.3 Å². The number of nitrogen functional groups attached to an aromatic ring is 1. The van der Waals surface area contributed by atoms with E-state index in [1.807, 2.05) is 26.0 Å². The molecule has 0 fully saturated rings. The summed E-state index contributed by atoms with van der Waals surface area (Å²) < 4.78 is 0. The highest BCUT2D eigenvalue weighted by Gasteiger charge is 2.21. The molecule has 0 unspecified atom stereocenters. The average molecular weight is 199 g/mol. The summed E-state index contributed by atoms with van der Waals surface area (Å²) in [6.45, 7) is 4.65. The van der Waals surface area contributed by atoms with E-state index in [2.05, 4.69) is 0 Å². The maximum Gasteiger partial charge on any atom is 0.0445 e. The zero-order valence-electron chi connectivity index (χ0n) is 7.97. The third-order valence-corrected chi connectivity index (χ3v) is 2.56. The third-order valence-electron chi connectivity index (χ3n) is 2.23. The molecule has 72 valence electrons. The van der Waals surface area contributed by atoms with Gasteiger partial charge in [0.05, 0.1) is 0 Å². The summed E-state index contributed by atoms with van der Waals surface area (Å²) in [6.07, 6.45) is 0. The van der Waals surface area contributed by atoms with Gasteiger partial charge in [0.15, 0.2) is 0 Å². The molecule has 0 radical (unpaired) electrons. The standard InChI is InChI=1S/C10H15ClN2/c1-10(2,6-12)8-5-7(13)3-4-9(8)11/h3-5H,6,12-13H2,1-2H3. The molecule has 0 aliphatic carbocycles. The van der Waals surface area contributed by atoms with Gasteiger partial charge in [-0.05, 0) is 23.8 Å². The largest absolute Gasteiger partial charge is 0.399 e. The van der Waals surface area contributed by atoms with Crippen molar-refractivity contribution >= 4 is 17.3 Å². The summed E-state index contributed by atoms with van der Waals surface area (Å²) in [5, 5.41) is 0.727. The number of hydrogen-bond donors (Lipinski definition) is 2. The van der Waals surface area contributed by atoms with E-state index in [0.29, 0.717) is 6.54 Å². The third kappa shape index (κ3) is 2.14. The van der Waals surface area contributed by atoms with Gasteiger partial charge in [-0.3, -0.25) is 0 Å². The van der Waals surface area contributed by atoms with Crippen molar-refractivity contribution in [3.05, 3.63) is 28.8 Å². The molecular formula is C10H15ClN2. The van der Waals surface area contributed by atoms with E-state index < -0.39 is 0 Å². The van der Waals surface area contributed by atoms with Gasteiger partial charge in [0.2, 0.25) is 0 Å². The Kier molecular flexibility index (Phi) is 2.84. The van der Waals surface area contributed by atoms with Crippen LogP contribution in [0.1, 0.15) is 19.4 Å². The van der Waals surface area contributed by atoms with Gasteiger partial charge in [-0.25, -0.2) is 0 Å². The Balaban J connectivity index is 3.20. The molecule has 1 rings (SSSR count). The molecule has 0 spiro atoms. The number of halogens is 1. The summed E-state index contributed by atoms with van der Waals surface area (Å²) in [5.41, 5.74) is 13.0. The van der Waals surface area contributed by atoms with Gasteiger partial charge in [-0.2, -0.15) is 0 Å². The predicted octanol–water partition coefficient (Wildman–Crippen LogP) is 2.16. The quantitative estimate of drug-likeness (QED) is 0.716. The van der Waals surface area contributed by atoms with Gasteiger partial charge in [0, 0.05) is 22.7 Å². The summed E-state index contributed by atoms with van der Waals surface area (Å²) in [5.74, 6) is 0. The highest BCUT2D eigenvalue weighted by molar-refractivity contribution is 6.31. The fourth-order valence-corrected chi connectivity index (χ4v) is 1.54. The van der Waals surface area contributed by atoms with Crippen LogP contribution in [0.3, 0.4) is 0 Å². The number of anilines is 1. The van der Waals surface area contributed by atoms with Crippen LogP contribution in [-0.2, 0) is 5.41 Å². The molecule has 2 nitrogen and oxygen atoms in total. The molecular weight excluding hydrogens is 184 g/mol. The second-order valence-electron chi connectivity index (χ2n) is 3.83. The van der Waals surface area contributed by atoms with E-state index in [9.17, 15) is 0 Å². The highest BCUT2D eigenvalue weighted by Crippen LogP contribution is 2.30. The van der Waals surface area contributed by atoms with E-state index in [1.54, 1.807) is 6.07 Å². The number of hydrogen-bond acceptors (Lipinski definition) is 2. The average Bonchev–Trinajstić information content (AvgIpc) is 2.09. The molecule has 0 aliphatic heterocycles. The van der Waals surface area contributed by atoms with Gasteiger partial charge in [-0.15, -0.1) is 0 Å². The minimum atomic E-state index is -0.119. The fraction of sp³-hybridized carbons (Fsp3) is 0.400. The lowest BCUT2D eigenvalue weighted by atomic mass is 9.84. The number of rotatable bonds is 2. The Morgan fingerprint density at radius 3 is 2.54 bits per heavy atom. The van der Waals surface area contributed by atoms with Crippen molar-refractivity contribution in [3.63, 3.8) is 0 Å². The minimum absolute atomic E-state index is 0.119. The Labute approximate surface area is 83.9 Å². The molecule has 13 heavy (non-hydrogen) atoms. The highest BCUT2D eigenvalue weighted by atomic mass is 35.5. The molecule has 0 saturated carbocycles. The summed E-state index contributed by atoms with van der Waals surface area (Å²) in [7, 11) is 0. The van der Waals surface area contributed by atoms with Crippen LogP contribution in [0.5, 0.6) is 0 Å². The van der Waals surface area contributed by atoms with Gasteiger partial charge in [0.1, 0.15) is 0 Å². The fourth-order valence-electron chi connectivity index (χ4n) is 1.17. The Morgan fingerprint density at radius 1 is 1.38 bits per heavy atom. The lowest BCUT2D eigenvalue weighted by molar-refractivity contribution is 0.539. The zero-order valence-corrected chi connectivity index (χ0v) is 8.73. The van der Waals surface area contributed by atoms with Crippen LogP contribution >= 0.6 is 11.6 Å². The Morgan fingerprint density at radius 2 is 2.00 bits per heavy atom. The van der Waals surface area contributed by atoms with Crippen LogP contribution in [0.4, 0.5) is 5.69 Å². The molecule has 0 atom stereocenters. The molecule has 0 bridgehead atoms. The van der Waals surface area contributed by atoms with E-state index in [1.165, 1.54) is 0 Å². The first-order valence-corrected chi connectivity index (χ1v) is 4.61. The van der Waals surface area contributed by atoms with Crippen molar-refractivity contribution in [2.24, 2.45) is 5.73 Å². The topological polar surface area (TPSA) is 52.0 Å². The molecule has 0 saturated heterocycles. The lowest BCUT2D eigenvalue weighted by Gasteiger charge is -2.24. The molecule has 4 N–H and O–H groups in total. The van der Waals surface area contributed by atoms with Crippen molar-refractivity contribution in [3.8, 4) is 0 Å². The predicted molar refractivity (Wildman–Crippen MR) is 57.9 cm³/mol. The monoisotopic (exact) mass is 198 g/mol. The molecule has 3 heteroatoms. The van der Waals surface area contributed by atoms with E-state index in [-0.39, 0.29) is 5.41 Å². The zero-order chi connectivity index (χ0) is 10.1. The second kappa shape index (κ2) is 3.56. The summed E-state index contributed by atoms with van der Waals surface area (Å²) in [4.78, 5) is 0.